The normalized spacial score (nSPS) is 11.6. The molecule has 0 aliphatic carbocycles. The zero-order valence-electron chi connectivity index (χ0n) is 6.40. The van der Waals surface area contributed by atoms with Gasteiger partial charge in [-0.25, -0.2) is 4.98 Å². The number of halogens is 4. The summed E-state index contributed by atoms with van der Waals surface area (Å²) >= 11 is 0.398. The van der Waals surface area contributed by atoms with Crippen molar-refractivity contribution >= 4 is 53.5 Å². The fraction of sp³-hybridized carbons (Fsp3) is 0.143. The third kappa shape index (κ3) is 2.55. The fourth-order valence-electron chi connectivity index (χ4n) is 0.671. The van der Waals surface area contributed by atoms with Crippen LogP contribution in [0.15, 0.2) is 12.1 Å². The number of pyridine rings is 1. The van der Waals surface area contributed by atoms with Crippen LogP contribution < -0.4 is 5.73 Å². The number of nitrogens with two attached hydrogens (primary N) is 1. The predicted molar refractivity (Wildman–Crippen MR) is 66.4 cm³/mol. The second-order valence-corrected chi connectivity index (χ2v) is 5.35. The molecule has 2 N–H and O–H groups in total. The Hall–Kier alpha value is 0.140. The summed E-state index contributed by atoms with van der Waals surface area (Å²) in [6, 6.07) is 2.69. The van der Waals surface area contributed by atoms with E-state index >= 15 is 0 Å². The molecule has 13 heavy (non-hydrogen) atoms. The first-order chi connectivity index (χ1) is 5.97. The van der Waals surface area contributed by atoms with Gasteiger partial charge in [-0.15, -0.1) is 0 Å². The maximum Gasteiger partial charge on any atom is 0.332 e. The number of alkyl halides is 3. The molecule has 1 rings (SSSR count). The van der Waals surface area contributed by atoms with Crippen LogP contribution in [0.3, 0.4) is 0 Å². The van der Waals surface area contributed by atoms with E-state index in [4.69, 9.17) is 5.73 Å². The predicted octanol–water partition coefficient (Wildman–Crippen LogP) is 2.72. The number of rotatable bonds is 2. The van der Waals surface area contributed by atoms with E-state index in [1.165, 1.54) is 12.1 Å². The van der Waals surface area contributed by atoms with E-state index in [1.54, 1.807) is 0 Å². The standard InChI is InChI=1S/C7H6F2I2N2/c1-11-7(8,9)5-3-2-4(12)6(10)13-5/h2-3H,1,12H2. The van der Waals surface area contributed by atoms with Crippen molar-refractivity contribution in [3.05, 3.63) is 21.5 Å². The smallest absolute Gasteiger partial charge is 0.332 e. The van der Waals surface area contributed by atoms with Crippen molar-refractivity contribution in [2.24, 2.45) is 0 Å². The highest BCUT2D eigenvalue weighted by Gasteiger charge is 2.30. The second kappa shape index (κ2) is 4.11. The lowest BCUT2D eigenvalue weighted by atomic mass is 10.3. The summed E-state index contributed by atoms with van der Waals surface area (Å²) in [5.41, 5.74) is 5.64. The summed E-state index contributed by atoms with van der Waals surface area (Å²) in [6.07, 6.45) is 0. The number of anilines is 1. The Bertz CT molecular complexity index is 341. The molecule has 0 aliphatic heterocycles. The number of nitrogen functional groups attached to an aromatic ring is 1. The SMILES string of the molecule is C=IC(F)(F)c1ccc(N)c(I)n1. The first kappa shape index (κ1) is 11.2. The van der Waals surface area contributed by atoms with E-state index in [2.05, 4.69) is 9.50 Å². The number of hydrogen-bond donors (Lipinski definition) is 1. The Morgan fingerprint density at radius 2 is 2.15 bits per heavy atom. The van der Waals surface area contributed by atoms with E-state index < -0.39 is 24.7 Å². The lowest BCUT2D eigenvalue weighted by Crippen LogP contribution is -2.08. The molecule has 1 aromatic rings. The lowest BCUT2D eigenvalue weighted by Gasteiger charge is -2.10. The van der Waals surface area contributed by atoms with E-state index in [-0.39, 0.29) is 5.69 Å². The monoisotopic (exact) mass is 410 g/mol. The molecule has 0 aliphatic rings. The molecular weight excluding hydrogens is 404 g/mol. The van der Waals surface area contributed by atoms with Gasteiger partial charge in [0.2, 0.25) is 0 Å². The third-order valence-corrected chi connectivity index (χ3v) is 3.71. The Labute approximate surface area is 97.8 Å². The van der Waals surface area contributed by atoms with Crippen LogP contribution in [0.1, 0.15) is 5.69 Å². The quantitative estimate of drug-likeness (QED) is 0.463. The summed E-state index contributed by atoms with van der Waals surface area (Å²) in [6.45, 7) is 0. The van der Waals surface area contributed by atoms with Crippen LogP contribution >= 0.6 is 43.3 Å². The second-order valence-electron chi connectivity index (χ2n) is 2.21. The Balaban J connectivity index is 3.18. The molecule has 0 unspecified atom stereocenters. The van der Waals surface area contributed by atoms with E-state index in [0.29, 0.717) is 9.39 Å². The maximum absolute atomic E-state index is 13.1. The van der Waals surface area contributed by atoms with Gasteiger partial charge in [0.05, 0.1) is 5.69 Å². The van der Waals surface area contributed by atoms with Gasteiger partial charge >= 0.3 is 3.93 Å². The van der Waals surface area contributed by atoms with Crippen molar-refractivity contribution in [1.29, 1.82) is 0 Å². The maximum atomic E-state index is 13.1. The fourth-order valence-corrected chi connectivity index (χ4v) is 1.80. The largest absolute Gasteiger partial charge is 0.397 e. The molecule has 1 aromatic heterocycles. The van der Waals surface area contributed by atoms with Crippen LogP contribution in [0.25, 0.3) is 0 Å². The van der Waals surface area contributed by atoms with Crippen molar-refractivity contribution in [3.8, 4) is 0 Å². The third-order valence-electron chi connectivity index (χ3n) is 1.34. The molecule has 2 nitrogen and oxygen atoms in total. The highest BCUT2D eigenvalue weighted by molar-refractivity contribution is 14.2. The number of nitrogens with zero attached hydrogens (tertiary/aromatic N) is 1. The highest BCUT2D eigenvalue weighted by atomic mass is 127. The van der Waals surface area contributed by atoms with Crippen LogP contribution in [0.4, 0.5) is 14.5 Å². The molecule has 0 saturated heterocycles. The van der Waals surface area contributed by atoms with Crippen LogP contribution in [-0.4, -0.2) is 9.50 Å². The average molecular weight is 410 g/mol. The summed E-state index contributed by atoms with van der Waals surface area (Å²) < 4.78 is 27.0. The van der Waals surface area contributed by atoms with Gasteiger partial charge in [0.15, 0.2) is 0 Å². The topological polar surface area (TPSA) is 38.9 Å². The minimum absolute atomic E-state index is 0.228. The first-order valence-corrected chi connectivity index (χ1v) is 6.85. The van der Waals surface area contributed by atoms with Gasteiger partial charge in [0, 0.05) is 0 Å². The summed E-state index contributed by atoms with van der Waals surface area (Å²) in [5.74, 6) is 0. The molecule has 72 valence electrons. The molecule has 0 amide bonds. The van der Waals surface area contributed by atoms with Crippen molar-refractivity contribution in [2.45, 2.75) is 3.93 Å². The van der Waals surface area contributed by atoms with Crippen molar-refractivity contribution < 1.29 is 8.78 Å². The Morgan fingerprint density at radius 3 is 2.62 bits per heavy atom. The molecule has 0 saturated carbocycles. The molecule has 6 heteroatoms. The van der Waals surface area contributed by atoms with Gasteiger partial charge in [-0.1, -0.05) is 4.51 Å². The van der Waals surface area contributed by atoms with Crippen molar-refractivity contribution in [2.75, 3.05) is 5.73 Å². The lowest BCUT2D eigenvalue weighted by molar-refractivity contribution is 0.122. The molecule has 0 atom stereocenters. The molecule has 0 bridgehead atoms. The molecule has 0 fully saturated rings. The summed E-state index contributed by atoms with van der Waals surface area (Å²) in [7, 11) is 0. The van der Waals surface area contributed by atoms with Crippen LogP contribution in [-0.2, 0) is 3.93 Å². The van der Waals surface area contributed by atoms with Crippen LogP contribution in [0, 0.1) is 3.70 Å². The van der Waals surface area contributed by atoms with E-state index in [0.717, 1.165) is 0 Å². The number of hydrogen-bond acceptors (Lipinski definition) is 2. The van der Waals surface area contributed by atoms with Gasteiger partial charge in [-0.3, -0.25) is 0 Å². The summed E-state index contributed by atoms with van der Waals surface area (Å²) in [5, 5.41) is 0. The molecule has 0 radical (unpaired) electrons. The van der Waals surface area contributed by atoms with Crippen molar-refractivity contribution in [3.63, 3.8) is 0 Å². The Kier molecular flexibility index (Phi) is 3.55. The zero-order chi connectivity index (χ0) is 10.1. The molecule has 1 heterocycles. The van der Waals surface area contributed by atoms with Gasteiger partial charge in [-0.2, -0.15) is 8.78 Å². The van der Waals surface area contributed by atoms with Gasteiger partial charge in [-0.05, 0) is 55.5 Å². The highest BCUT2D eigenvalue weighted by Crippen LogP contribution is 2.37. The minimum atomic E-state index is -2.85. The molecular formula is C7H6F2I2N2. The average Bonchev–Trinajstić information content (AvgIpc) is 2.09. The van der Waals surface area contributed by atoms with Crippen LogP contribution in [0.5, 0.6) is 0 Å². The van der Waals surface area contributed by atoms with Gasteiger partial charge in [0.25, 0.3) is 0 Å². The molecule has 0 spiro atoms. The van der Waals surface area contributed by atoms with E-state index in [9.17, 15) is 8.78 Å². The number of aromatic nitrogens is 1. The molecule has 0 aromatic carbocycles. The van der Waals surface area contributed by atoms with E-state index in [1.807, 2.05) is 22.6 Å². The van der Waals surface area contributed by atoms with Crippen LogP contribution in [0.2, 0.25) is 0 Å². The summed E-state index contributed by atoms with van der Waals surface area (Å²) in [4.78, 5) is 3.71. The zero-order valence-corrected chi connectivity index (χ0v) is 10.7. The van der Waals surface area contributed by atoms with Crippen molar-refractivity contribution in [1.82, 2.24) is 4.98 Å². The minimum Gasteiger partial charge on any atom is -0.397 e. The first-order valence-electron chi connectivity index (χ1n) is 3.17. The Morgan fingerprint density at radius 1 is 1.54 bits per heavy atom. The van der Waals surface area contributed by atoms with Gasteiger partial charge in [0.1, 0.15) is 9.39 Å². The van der Waals surface area contributed by atoms with Gasteiger partial charge < -0.3 is 5.73 Å².